The monoisotopic (exact) mass is 342 g/mol. The van der Waals surface area contributed by atoms with Gasteiger partial charge >= 0.3 is 0 Å². The van der Waals surface area contributed by atoms with Crippen molar-refractivity contribution in [1.29, 1.82) is 0 Å². The van der Waals surface area contributed by atoms with Crippen LogP contribution in [0.15, 0.2) is 18.2 Å². The summed E-state index contributed by atoms with van der Waals surface area (Å²) in [6.45, 7) is 2.78. The molecule has 1 heterocycles. The molecule has 1 saturated heterocycles. The molecule has 0 saturated carbocycles. The first-order chi connectivity index (χ1) is 9.65. The van der Waals surface area contributed by atoms with Gasteiger partial charge in [-0.25, -0.2) is 0 Å². The third-order valence-corrected chi connectivity index (χ3v) is 4.39. The lowest BCUT2D eigenvalue weighted by atomic mass is 9.97. The fourth-order valence-corrected chi connectivity index (χ4v) is 3.10. The van der Waals surface area contributed by atoms with Crippen molar-refractivity contribution in [1.82, 2.24) is 0 Å². The van der Waals surface area contributed by atoms with Crippen molar-refractivity contribution in [2.24, 2.45) is 5.92 Å². The molecular weight excluding hydrogens is 324 g/mol. The van der Waals surface area contributed by atoms with E-state index in [4.69, 9.17) is 4.74 Å². The summed E-state index contributed by atoms with van der Waals surface area (Å²) in [5, 5.41) is 11.4. The Labute approximate surface area is 127 Å². The first-order valence-corrected chi connectivity index (χ1v) is 7.85. The van der Waals surface area contributed by atoms with Gasteiger partial charge in [0.15, 0.2) is 0 Å². The van der Waals surface area contributed by atoms with E-state index in [1.807, 2.05) is 12.1 Å². The number of nitro benzene ring substituents is 1. The summed E-state index contributed by atoms with van der Waals surface area (Å²) in [4.78, 5) is 12.9. The van der Waals surface area contributed by atoms with Crippen molar-refractivity contribution in [3.8, 4) is 0 Å². The van der Waals surface area contributed by atoms with Crippen LogP contribution in [0.5, 0.6) is 0 Å². The molecule has 0 atom stereocenters. The van der Waals surface area contributed by atoms with Crippen molar-refractivity contribution in [3.63, 3.8) is 0 Å². The highest BCUT2D eigenvalue weighted by atomic mass is 79.9. The minimum Gasteiger partial charge on any atom is -0.384 e. The van der Waals surface area contributed by atoms with Crippen LogP contribution in [0.3, 0.4) is 0 Å². The van der Waals surface area contributed by atoms with E-state index in [0.717, 1.165) is 43.8 Å². The molecule has 1 aromatic rings. The molecule has 0 radical (unpaired) electrons. The quantitative estimate of drug-likeness (QED) is 0.467. The molecule has 0 amide bonds. The van der Waals surface area contributed by atoms with Crippen LogP contribution in [0.2, 0.25) is 0 Å². The number of ether oxygens (including phenoxy) is 1. The summed E-state index contributed by atoms with van der Waals surface area (Å²) < 4.78 is 5.20. The molecule has 0 N–H and O–H groups in total. The molecule has 1 aromatic carbocycles. The molecule has 0 spiro atoms. The topological polar surface area (TPSA) is 55.6 Å². The molecule has 2 rings (SSSR count). The maximum absolute atomic E-state index is 10.9. The predicted octanol–water partition coefficient (Wildman–Crippen LogP) is 3.35. The Hall–Kier alpha value is -1.14. The van der Waals surface area contributed by atoms with Crippen molar-refractivity contribution in [2.75, 3.05) is 31.7 Å². The summed E-state index contributed by atoms with van der Waals surface area (Å²) in [5.74, 6) is 0.630. The SMILES string of the molecule is COCC1CCN(c2ccc([N+](=O)[O-])c(CBr)c2)CC1. The van der Waals surface area contributed by atoms with E-state index in [9.17, 15) is 10.1 Å². The van der Waals surface area contributed by atoms with Crippen LogP contribution < -0.4 is 4.90 Å². The van der Waals surface area contributed by atoms with Gasteiger partial charge in [0.05, 0.1) is 4.92 Å². The molecule has 1 fully saturated rings. The molecular formula is C14H19BrN2O3. The molecule has 0 aromatic heterocycles. The lowest BCUT2D eigenvalue weighted by Gasteiger charge is -2.33. The Morgan fingerprint density at radius 1 is 1.45 bits per heavy atom. The van der Waals surface area contributed by atoms with Crippen molar-refractivity contribution < 1.29 is 9.66 Å². The fourth-order valence-electron chi connectivity index (χ4n) is 2.65. The number of rotatable bonds is 5. The lowest BCUT2D eigenvalue weighted by molar-refractivity contribution is -0.385. The number of nitrogens with zero attached hydrogens (tertiary/aromatic N) is 2. The zero-order chi connectivity index (χ0) is 14.5. The average Bonchev–Trinajstić information content (AvgIpc) is 2.47. The highest BCUT2D eigenvalue weighted by Gasteiger charge is 2.21. The molecule has 20 heavy (non-hydrogen) atoms. The van der Waals surface area contributed by atoms with Gasteiger partial charge in [0, 0.05) is 49.5 Å². The smallest absolute Gasteiger partial charge is 0.273 e. The second-order valence-corrected chi connectivity index (χ2v) is 5.65. The van der Waals surface area contributed by atoms with Crippen LogP contribution in [-0.4, -0.2) is 31.7 Å². The molecule has 1 aliphatic heterocycles. The van der Waals surface area contributed by atoms with E-state index < -0.39 is 0 Å². The molecule has 0 unspecified atom stereocenters. The Morgan fingerprint density at radius 2 is 2.15 bits per heavy atom. The molecule has 1 aliphatic rings. The highest BCUT2D eigenvalue weighted by Crippen LogP contribution is 2.29. The van der Waals surface area contributed by atoms with Gasteiger partial charge in [-0.05, 0) is 30.9 Å². The average molecular weight is 343 g/mol. The standard InChI is InChI=1S/C14H19BrN2O3/c1-20-10-11-4-6-16(7-5-11)13-2-3-14(17(18)19)12(8-13)9-15/h2-3,8,11H,4-7,9-10H2,1H3. The van der Waals surface area contributed by atoms with E-state index in [1.54, 1.807) is 13.2 Å². The summed E-state index contributed by atoms with van der Waals surface area (Å²) in [7, 11) is 1.74. The van der Waals surface area contributed by atoms with Gasteiger partial charge in [0.1, 0.15) is 0 Å². The zero-order valence-corrected chi connectivity index (χ0v) is 13.1. The first-order valence-electron chi connectivity index (χ1n) is 6.73. The maximum atomic E-state index is 10.9. The van der Waals surface area contributed by atoms with Crippen molar-refractivity contribution in [3.05, 3.63) is 33.9 Å². The first kappa shape index (κ1) is 15.3. The van der Waals surface area contributed by atoms with Crippen molar-refractivity contribution in [2.45, 2.75) is 18.2 Å². The largest absolute Gasteiger partial charge is 0.384 e. The molecule has 5 nitrogen and oxygen atoms in total. The number of hydrogen-bond acceptors (Lipinski definition) is 4. The number of anilines is 1. The lowest BCUT2D eigenvalue weighted by Crippen LogP contribution is -2.35. The van der Waals surface area contributed by atoms with Gasteiger partial charge in [-0.15, -0.1) is 0 Å². The van der Waals surface area contributed by atoms with Crippen LogP contribution in [0.1, 0.15) is 18.4 Å². The minimum atomic E-state index is -0.328. The van der Waals surface area contributed by atoms with E-state index in [-0.39, 0.29) is 10.6 Å². The highest BCUT2D eigenvalue weighted by molar-refractivity contribution is 9.08. The molecule has 6 heteroatoms. The summed E-state index contributed by atoms with van der Waals surface area (Å²) in [6.07, 6.45) is 2.21. The maximum Gasteiger partial charge on any atom is 0.273 e. The predicted molar refractivity (Wildman–Crippen MR) is 82.5 cm³/mol. The number of hydrogen-bond donors (Lipinski definition) is 0. The molecule has 110 valence electrons. The van der Waals surface area contributed by atoms with Crippen LogP contribution in [-0.2, 0) is 10.1 Å². The molecule has 0 bridgehead atoms. The van der Waals surface area contributed by atoms with Gasteiger partial charge in [-0.1, -0.05) is 15.9 Å². The van der Waals surface area contributed by atoms with Gasteiger partial charge in [0.25, 0.3) is 5.69 Å². The number of methoxy groups -OCH3 is 1. The number of halogens is 1. The second-order valence-electron chi connectivity index (χ2n) is 5.09. The summed E-state index contributed by atoms with van der Waals surface area (Å²) in [5.41, 5.74) is 1.98. The molecule has 0 aliphatic carbocycles. The van der Waals surface area contributed by atoms with E-state index in [0.29, 0.717) is 11.2 Å². The van der Waals surface area contributed by atoms with Crippen LogP contribution in [0.4, 0.5) is 11.4 Å². The van der Waals surface area contributed by atoms with Crippen molar-refractivity contribution >= 4 is 27.3 Å². The third kappa shape index (κ3) is 3.49. The Bertz CT molecular complexity index is 473. The number of alkyl halides is 1. The fraction of sp³-hybridized carbons (Fsp3) is 0.571. The zero-order valence-electron chi connectivity index (χ0n) is 11.5. The number of piperidine rings is 1. The van der Waals surface area contributed by atoms with Gasteiger partial charge in [0.2, 0.25) is 0 Å². The van der Waals surface area contributed by atoms with Crippen LogP contribution >= 0.6 is 15.9 Å². The van der Waals surface area contributed by atoms with E-state index >= 15 is 0 Å². The number of nitro groups is 1. The Kier molecular flexibility index (Phi) is 5.37. The summed E-state index contributed by atoms with van der Waals surface area (Å²) >= 11 is 3.33. The van der Waals surface area contributed by atoms with E-state index in [2.05, 4.69) is 20.8 Å². The van der Waals surface area contributed by atoms with Gasteiger partial charge in [-0.3, -0.25) is 10.1 Å². The Balaban J connectivity index is 2.08. The van der Waals surface area contributed by atoms with Gasteiger partial charge in [-0.2, -0.15) is 0 Å². The number of benzene rings is 1. The van der Waals surface area contributed by atoms with Crippen LogP contribution in [0.25, 0.3) is 0 Å². The Morgan fingerprint density at radius 3 is 2.70 bits per heavy atom. The van der Waals surface area contributed by atoms with E-state index in [1.165, 1.54) is 0 Å². The normalized spacial score (nSPS) is 16.4. The van der Waals surface area contributed by atoms with Gasteiger partial charge < -0.3 is 9.64 Å². The third-order valence-electron chi connectivity index (χ3n) is 3.79. The van der Waals surface area contributed by atoms with Crippen LogP contribution in [0, 0.1) is 16.0 Å². The summed E-state index contributed by atoms with van der Waals surface area (Å²) in [6, 6.07) is 5.37. The second kappa shape index (κ2) is 7.04. The minimum absolute atomic E-state index is 0.180.